The Morgan fingerprint density at radius 3 is 1.28 bits per heavy atom. The van der Waals surface area contributed by atoms with Crippen molar-refractivity contribution in [3.05, 3.63) is 151 Å². The second kappa shape index (κ2) is 9.73. The van der Waals surface area contributed by atoms with Crippen LogP contribution >= 0.6 is 22.7 Å². The predicted octanol–water partition coefficient (Wildman–Crippen LogP) is 9.25. The molecule has 0 N–H and O–H groups in total. The lowest BCUT2D eigenvalue weighted by Gasteiger charge is -2.13. The first-order chi connectivity index (χ1) is 22.6. The van der Waals surface area contributed by atoms with Crippen LogP contribution in [0.2, 0.25) is 0 Å². The lowest BCUT2D eigenvalue weighted by molar-refractivity contribution is 0.981. The zero-order chi connectivity index (χ0) is 30.5. The molecule has 0 bridgehead atoms. The summed E-state index contributed by atoms with van der Waals surface area (Å²) in [6.07, 6.45) is 3.83. The Morgan fingerprint density at radius 2 is 0.848 bits per heavy atom. The van der Waals surface area contributed by atoms with Crippen LogP contribution in [0.3, 0.4) is 0 Å². The van der Waals surface area contributed by atoms with Crippen LogP contribution in [-0.2, 0) is 25.7 Å². The van der Waals surface area contributed by atoms with Gasteiger partial charge >= 0.3 is 0 Å². The molecule has 10 aromatic rings. The molecule has 0 aliphatic heterocycles. The van der Waals surface area contributed by atoms with Crippen LogP contribution in [0.1, 0.15) is 20.9 Å². The summed E-state index contributed by atoms with van der Waals surface area (Å²) in [4.78, 5) is 30.9. The fourth-order valence-corrected chi connectivity index (χ4v) is 9.68. The van der Waals surface area contributed by atoms with E-state index in [0.717, 1.165) is 78.7 Å². The van der Waals surface area contributed by atoms with Gasteiger partial charge in [0.2, 0.25) is 0 Å². The van der Waals surface area contributed by atoms with Crippen LogP contribution in [0.4, 0.5) is 0 Å². The standard InChI is InChI=1S/C40H26N2O2S2/c43-39-29-17-16-28-32-22-36-34(20-26(46-36)14-12-24-9-5-2-6-10-24)42(32)40(44)30-18-15-27(37(29)38(28)30)31-21-35-33(41(31)39)19-25(45-35)13-11-23-7-3-1-4-8-23/h1-10,15-22H,11-14H2. The number of aromatic nitrogens is 2. The third kappa shape index (κ3) is 3.71. The molecule has 10 rings (SSSR count). The molecular weight excluding hydrogens is 605 g/mol. The lowest BCUT2D eigenvalue weighted by atomic mass is 9.95. The molecule has 0 radical (unpaired) electrons. The minimum atomic E-state index is -0.0222. The van der Waals surface area contributed by atoms with Crippen LogP contribution in [0.25, 0.3) is 63.8 Å². The van der Waals surface area contributed by atoms with Crippen molar-refractivity contribution in [3.8, 4) is 0 Å². The minimum Gasteiger partial charge on any atom is -0.275 e. The molecule has 0 spiro atoms. The van der Waals surface area contributed by atoms with Crippen molar-refractivity contribution < 1.29 is 0 Å². The molecular formula is C40H26N2O2S2. The first kappa shape index (κ1) is 26.2. The van der Waals surface area contributed by atoms with E-state index in [1.165, 1.54) is 20.9 Å². The van der Waals surface area contributed by atoms with Gasteiger partial charge in [-0.05, 0) is 73.2 Å². The molecule has 6 aromatic heterocycles. The van der Waals surface area contributed by atoms with E-state index in [2.05, 4.69) is 72.8 Å². The molecule has 46 heavy (non-hydrogen) atoms. The van der Waals surface area contributed by atoms with Crippen molar-refractivity contribution in [1.82, 2.24) is 8.80 Å². The highest BCUT2D eigenvalue weighted by atomic mass is 32.1. The Bertz CT molecular complexity index is 2700. The zero-order valence-electron chi connectivity index (χ0n) is 24.7. The number of benzene rings is 4. The van der Waals surface area contributed by atoms with E-state index >= 15 is 0 Å². The number of hydrogen-bond acceptors (Lipinski definition) is 4. The number of aryl methyl sites for hydroxylation is 4. The molecule has 0 saturated carbocycles. The molecule has 4 nitrogen and oxygen atoms in total. The second-order valence-electron chi connectivity index (χ2n) is 12.3. The van der Waals surface area contributed by atoms with Crippen LogP contribution in [0, 0.1) is 0 Å². The molecule has 0 atom stereocenters. The molecule has 6 heterocycles. The number of rotatable bonds is 6. The molecule has 0 saturated heterocycles. The third-order valence-corrected chi connectivity index (χ3v) is 11.9. The van der Waals surface area contributed by atoms with Gasteiger partial charge in [-0.25, -0.2) is 0 Å². The minimum absolute atomic E-state index is 0.0222. The highest BCUT2D eigenvalue weighted by Gasteiger charge is 2.22. The Morgan fingerprint density at radius 1 is 0.435 bits per heavy atom. The van der Waals surface area contributed by atoms with Gasteiger partial charge in [0.25, 0.3) is 11.1 Å². The molecule has 0 fully saturated rings. The molecule has 0 aliphatic rings. The maximum absolute atomic E-state index is 14.2. The number of nitrogens with zero attached hydrogens (tertiary/aromatic N) is 2. The second-order valence-corrected chi connectivity index (χ2v) is 14.6. The van der Waals surface area contributed by atoms with Crippen molar-refractivity contribution in [3.63, 3.8) is 0 Å². The SMILES string of the molecule is O=c1c2ccc3c4c(ccc(c24)c2cc4sc(CCc5ccccc5)cc4n12)c(=O)n1c2cc(CCc4ccccc4)sc2cc31. The van der Waals surface area contributed by atoms with Crippen molar-refractivity contribution >= 4 is 86.5 Å². The maximum atomic E-state index is 14.2. The number of hydrogen-bond donors (Lipinski definition) is 0. The Hall–Kier alpha value is -5.04. The fourth-order valence-electron chi connectivity index (χ4n) is 7.51. The van der Waals surface area contributed by atoms with Gasteiger partial charge in [-0.3, -0.25) is 18.4 Å². The first-order valence-corrected chi connectivity index (χ1v) is 17.3. The van der Waals surface area contributed by atoms with E-state index in [-0.39, 0.29) is 11.1 Å². The van der Waals surface area contributed by atoms with Crippen molar-refractivity contribution in [2.45, 2.75) is 25.7 Å². The van der Waals surface area contributed by atoms with Gasteiger partial charge < -0.3 is 0 Å². The molecule has 0 unspecified atom stereocenters. The number of thiophene rings is 2. The summed E-state index contributed by atoms with van der Waals surface area (Å²) in [6, 6.07) is 37.8. The van der Waals surface area contributed by atoms with Crippen molar-refractivity contribution in [2.75, 3.05) is 0 Å². The summed E-state index contributed by atoms with van der Waals surface area (Å²) in [5, 5.41) is 5.15. The number of fused-ring (bicyclic) bond motifs is 8. The van der Waals surface area contributed by atoms with Gasteiger partial charge in [-0.2, -0.15) is 0 Å². The van der Waals surface area contributed by atoms with Gasteiger partial charge in [-0.15, -0.1) is 22.7 Å². The van der Waals surface area contributed by atoms with Crippen molar-refractivity contribution in [2.24, 2.45) is 0 Å². The van der Waals surface area contributed by atoms with E-state index in [1.807, 2.05) is 45.2 Å². The summed E-state index contributed by atoms with van der Waals surface area (Å²) in [5.41, 5.74) is 6.36. The lowest BCUT2D eigenvalue weighted by Crippen LogP contribution is -2.16. The van der Waals surface area contributed by atoms with Crippen LogP contribution in [0.15, 0.2) is 119 Å². The van der Waals surface area contributed by atoms with Crippen molar-refractivity contribution in [1.29, 1.82) is 0 Å². The monoisotopic (exact) mass is 630 g/mol. The quantitative estimate of drug-likeness (QED) is 0.172. The normalized spacial score (nSPS) is 12.4. The topological polar surface area (TPSA) is 43.0 Å². The predicted molar refractivity (Wildman–Crippen MR) is 194 cm³/mol. The zero-order valence-corrected chi connectivity index (χ0v) is 26.4. The van der Waals surface area contributed by atoms with Gasteiger partial charge in [-0.1, -0.05) is 72.8 Å². The van der Waals surface area contributed by atoms with Gasteiger partial charge in [0.15, 0.2) is 0 Å². The molecule has 6 heteroatoms. The molecule has 220 valence electrons. The third-order valence-electron chi connectivity index (χ3n) is 9.67. The van der Waals surface area contributed by atoms with Crippen LogP contribution in [0.5, 0.6) is 0 Å². The van der Waals surface area contributed by atoms with Gasteiger partial charge in [0.1, 0.15) is 0 Å². The van der Waals surface area contributed by atoms with E-state index in [9.17, 15) is 9.59 Å². The average molecular weight is 631 g/mol. The fraction of sp³-hybridized carbons (Fsp3) is 0.100. The van der Waals surface area contributed by atoms with E-state index in [0.29, 0.717) is 10.8 Å². The Balaban J connectivity index is 1.13. The van der Waals surface area contributed by atoms with E-state index < -0.39 is 0 Å². The van der Waals surface area contributed by atoms with Crippen LogP contribution in [-0.4, -0.2) is 8.80 Å². The molecule has 4 aromatic carbocycles. The van der Waals surface area contributed by atoms with E-state index in [4.69, 9.17) is 0 Å². The Kier molecular flexibility index (Phi) is 5.54. The summed E-state index contributed by atoms with van der Waals surface area (Å²) < 4.78 is 6.02. The maximum Gasteiger partial charge on any atom is 0.263 e. The highest BCUT2D eigenvalue weighted by molar-refractivity contribution is 7.19. The first-order valence-electron chi connectivity index (χ1n) is 15.7. The van der Waals surface area contributed by atoms with Crippen LogP contribution < -0.4 is 11.1 Å². The summed E-state index contributed by atoms with van der Waals surface area (Å²) in [7, 11) is 0. The van der Waals surface area contributed by atoms with Gasteiger partial charge in [0, 0.05) is 42.1 Å². The Labute approximate surface area is 270 Å². The van der Waals surface area contributed by atoms with Gasteiger partial charge in [0.05, 0.1) is 31.5 Å². The molecule has 0 amide bonds. The molecule has 0 aliphatic carbocycles. The highest BCUT2D eigenvalue weighted by Crippen LogP contribution is 2.40. The average Bonchev–Trinajstić information content (AvgIpc) is 3.84. The summed E-state index contributed by atoms with van der Waals surface area (Å²) in [5.74, 6) is 0. The summed E-state index contributed by atoms with van der Waals surface area (Å²) >= 11 is 3.54. The largest absolute Gasteiger partial charge is 0.275 e. The van der Waals surface area contributed by atoms with E-state index in [1.54, 1.807) is 22.7 Å². The number of pyridine rings is 2. The smallest absolute Gasteiger partial charge is 0.263 e. The summed E-state index contributed by atoms with van der Waals surface area (Å²) in [6.45, 7) is 0.